The van der Waals surface area contributed by atoms with Crippen LogP contribution in [0.15, 0.2) is 49.1 Å². The van der Waals surface area contributed by atoms with Crippen molar-refractivity contribution in [3.05, 3.63) is 70.4 Å². The minimum Gasteiger partial charge on any atom is -0.463 e. The number of hydrogen-bond donors (Lipinski definition) is 0. The van der Waals surface area contributed by atoms with Gasteiger partial charge in [-0.25, -0.2) is 9.97 Å². The predicted octanol–water partition coefficient (Wildman–Crippen LogP) is 5.16. The quantitative estimate of drug-likeness (QED) is 0.417. The van der Waals surface area contributed by atoms with E-state index in [0.717, 1.165) is 17.8 Å². The molecule has 0 bridgehead atoms. The van der Waals surface area contributed by atoms with Crippen LogP contribution in [0, 0.1) is 0 Å². The van der Waals surface area contributed by atoms with E-state index in [0.29, 0.717) is 6.42 Å². The first-order valence-electron chi connectivity index (χ1n) is 8.62. The average Bonchev–Trinajstić information content (AvgIpc) is 3.14. The molecular weight excluding hydrogens is 442 g/mol. The van der Waals surface area contributed by atoms with E-state index >= 15 is 0 Å². The Morgan fingerprint density at radius 2 is 1.87 bits per heavy atom. The Kier molecular flexibility index (Phi) is 5.48. The van der Waals surface area contributed by atoms with Crippen molar-refractivity contribution in [2.24, 2.45) is 0 Å². The monoisotopic (exact) mass is 453 g/mol. The predicted molar refractivity (Wildman–Crippen MR) is 105 cm³/mol. The van der Waals surface area contributed by atoms with E-state index in [1.807, 2.05) is 18.2 Å². The zero-order valence-corrected chi connectivity index (χ0v) is 16.6. The minimum absolute atomic E-state index is 0.0188. The third-order valence-electron chi connectivity index (χ3n) is 4.18. The van der Waals surface area contributed by atoms with E-state index in [2.05, 4.69) is 19.9 Å². The van der Waals surface area contributed by atoms with Crippen LogP contribution in [0.25, 0.3) is 16.9 Å². The number of halogens is 5. The van der Waals surface area contributed by atoms with Gasteiger partial charge >= 0.3 is 12.2 Å². The maximum Gasteiger partial charge on any atom is 0.416 e. The molecular formula is C19H12Cl2F3N5O. The second-order valence-corrected chi connectivity index (χ2v) is 7.00. The summed E-state index contributed by atoms with van der Waals surface area (Å²) in [5, 5.41) is -0.0181. The van der Waals surface area contributed by atoms with Crippen molar-refractivity contribution in [1.29, 1.82) is 0 Å². The normalized spacial score (nSPS) is 11.8. The van der Waals surface area contributed by atoms with E-state index in [9.17, 15) is 13.2 Å². The summed E-state index contributed by atoms with van der Waals surface area (Å²) in [6, 6.07) is 7.32. The fourth-order valence-electron chi connectivity index (χ4n) is 2.78. The van der Waals surface area contributed by atoms with Gasteiger partial charge in [0.2, 0.25) is 0 Å². The lowest BCUT2D eigenvalue weighted by Gasteiger charge is -2.11. The number of benzene rings is 1. The van der Waals surface area contributed by atoms with Crippen LogP contribution in [0.5, 0.6) is 6.01 Å². The highest BCUT2D eigenvalue weighted by atomic mass is 35.5. The molecule has 0 aliphatic rings. The molecule has 6 nitrogen and oxygen atoms in total. The van der Waals surface area contributed by atoms with Gasteiger partial charge < -0.3 is 4.74 Å². The van der Waals surface area contributed by atoms with Crippen molar-refractivity contribution in [2.75, 3.05) is 6.61 Å². The van der Waals surface area contributed by atoms with Crippen LogP contribution in [0.3, 0.4) is 0 Å². The van der Waals surface area contributed by atoms with Crippen LogP contribution in [-0.4, -0.2) is 31.1 Å². The molecule has 4 rings (SSSR count). The molecule has 0 unspecified atom stereocenters. The molecule has 0 radical (unpaired) electrons. The third kappa shape index (κ3) is 4.17. The van der Waals surface area contributed by atoms with Crippen LogP contribution in [0.4, 0.5) is 13.2 Å². The van der Waals surface area contributed by atoms with E-state index in [1.165, 1.54) is 17.1 Å². The maximum absolute atomic E-state index is 13.2. The minimum atomic E-state index is -4.57. The number of rotatable bonds is 5. The molecule has 0 fully saturated rings. The van der Waals surface area contributed by atoms with Crippen LogP contribution in [0.1, 0.15) is 11.3 Å². The molecule has 0 N–H and O–H groups in total. The van der Waals surface area contributed by atoms with Gasteiger partial charge in [-0.05, 0) is 24.3 Å². The van der Waals surface area contributed by atoms with E-state index < -0.39 is 11.7 Å². The van der Waals surface area contributed by atoms with Gasteiger partial charge in [0.05, 0.1) is 28.9 Å². The number of ether oxygens (including phenoxy) is 1. The molecule has 154 valence electrons. The van der Waals surface area contributed by atoms with Gasteiger partial charge in [-0.3, -0.25) is 9.55 Å². The fourth-order valence-corrected chi connectivity index (χ4v) is 3.23. The molecule has 1 aromatic carbocycles. The molecule has 0 saturated carbocycles. The van der Waals surface area contributed by atoms with Gasteiger partial charge in [-0.1, -0.05) is 29.3 Å². The summed E-state index contributed by atoms with van der Waals surface area (Å²) in [5.41, 5.74) is 0.229. The standard InChI is InChI=1S/C19H12Cl2F3N5O/c20-13-7-11(19(22,23)24)8-15-16(13)27-10-29(15)17-14(21)9-26-18(28-17)30-6-4-12-3-1-2-5-25-12/h1-3,5,7-10H,4,6H2. The van der Waals surface area contributed by atoms with Crippen molar-refractivity contribution < 1.29 is 17.9 Å². The number of aromatic nitrogens is 5. The molecule has 30 heavy (non-hydrogen) atoms. The largest absolute Gasteiger partial charge is 0.463 e. The second-order valence-electron chi connectivity index (χ2n) is 6.18. The SMILES string of the molecule is FC(F)(F)c1cc(Cl)c2ncn(-c3nc(OCCc4ccccn4)ncc3Cl)c2c1. The van der Waals surface area contributed by atoms with Crippen LogP contribution >= 0.6 is 23.2 Å². The molecule has 0 amide bonds. The fraction of sp³-hybridized carbons (Fsp3) is 0.158. The summed E-state index contributed by atoms with van der Waals surface area (Å²) in [5.74, 6) is 0.123. The van der Waals surface area contributed by atoms with Gasteiger partial charge in [0, 0.05) is 18.3 Å². The molecule has 4 aromatic rings. The van der Waals surface area contributed by atoms with Crippen LogP contribution in [0.2, 0.25) is 10.0 Å². The maximum atomic E-state index is 13.2. The van der Waals surface area contributed by atoms with Crippen molar-refractivity contribution in [3.8, 4) is 11.8 Å². The first-order valence-corrected chi connectivity index (χ1v) is 9.38. The topological polar surface area (TPSA) is 65.7 Å². The smallest absolute Gasteiger partial charge is 0.416 e. The van der Waals surface area contributed by atoms with Crippen molar-refractivity contribution in [2.45, 2.75) is 12.6 Å². The molecule has 0 spiro atoms. The lowest BCUT2D eigenvalue weighted by Crippen LogP contribution is -2.08. The molecule has 0 saturated heterocycles. The summed E-state index contributed by atoms with van der Waals surface area (Å²) in [4.78, 5) is 16.5. The number of pyridine rings is 1. The first kappa shape index (κ1) is 20.4. The number of hydrogen-bond acceptors (Lipinski definition) is 5. The summed E-state index contributed by atoms with van der Waals surface area (Å²) < 4.78 is 46.4. The summed E-state index contributed by atoms with van der Waals surface area (Å²) in [6.07, 6.45) is 0.239. The zero-order chi connectivity index (χ0) is 21.3. The second kappa shape index (κ2) is 8.08. The Morgan fingerprint density at radius 3 is 2.60 bits per heavy atom. The van der Waals surface area contributed by atoms with Gasteiger partial charge in [0.1, 0.15) is 16.9 Å². The molecule has 0 atom stereocenters. The Labute approximate surface area is 178 Å². The van der Waals surface area contributed by atoms with Gasteiger partial charge in [0.25, 0.3) is 0 Å². The lowest BCUT2D eigenvalue weighted by molar-refractivity contribution is -0.137. The van der Waals surface area contributed by atoms with Gasteiger partial charge in [0.15, 0.2) is 5.82 Å². The highest BCUT2D eigenvalue weighted by molar-refractivity contribution is 6.35. The molecule has 11 heteroatoms. The Hall–Kier alpha value is -2.91. The summed E-state index contributed by atoms with van der Waals surface area (Å²) in [6.45, 7) is 0.257. The van der Waals surface area contributed by atoms with Crippen LogP contribution in [-0.2, 0) is 12.6 Å². The number of fused-ring (bicyclic) bond motifs is 1. The molecule has 3 heterocycles. The molecule has 0 aliphatic carbocycles. The van der Waals surface area contributed by atoms with Crippen molar-refractivity contribution in [1.82, 2.24) is 24.5 Å². The summed E-state index contributed by atoms with van der Waals surface area (Å²) >= 11 is 12.2. The van der Waals surface area contributed by atoms with Gasteiger partial charge in [-0.15, -0.1) is 0 Å². The van der Waals surface area contributed by atoms with E-state index in [1.54, 1.807) is 6.20 Å². The van der Waals surface area contributed by atoms with Crippen molar-refractivity contribution in [3.63, 3.8) is 0 Å². The number of alkyl halides is 3. The number of imidazole rings is 1. The average molecular weight is 454 g/mol. The van der Waals surface area contributed by atoms with Crippen molar-refractivity contribution >= 4 is 34.2 Å². The van der Waals surface area contributed by atoms with Gasteiger partial charge in [-0.2, -0.15) is 18.2 Å². The first-order chi connectivity index (χ1) is 14.3. The highest BCUT2D eigenvalue weighted by Crippen LogP contribution is 2.36. The Morgan fingerprint density at radius 1 is 1.03 bits per heavy atom. The summed E-state index contributed by atoms with van der Waals surface area (Å²) in [7, 11) is 0. The van der Waals surface area contributed by atoms with Crippen LogP contribution < -0.4 is 4.74 Å². The van der Waals surface area contributed by atoms with E-state index in [-0.39, 0.29) is 39.5 Å². The highest BCUT2D eigenvalue weighted by Gasteiger charge is 2.32. The lowest BCUT2D eigenvalue weighted by atomic mass is 10.2. The molecule has 0 aliphatic heterocycles. The third-order valence-corrected chi connectivity index (χ3v) is 4.73. The Bertz CT molecular complexity index is 1200. The van der Waals surface area contributed by atoms with E-state index in [4.69, 9.17) is 27.9 Å². The Balaban J connectivity index is 1.66. The number of nitrogens with zero attached hydrogens (tertiary/aromatic N) is 5. The molecule has 3 aromatic heterocycles. The zero-order valence-electron chi connectivity index (χ0n) is 15.1.